The Bertz CT molecular complexity index is 140. The van der Waals surface area contributed by atoms with E-state index in [1.807, 2.05) is 7.05 Å². The summed E-state index contributed by atoms with van der Waals surface area (Å²) in [5.41, 5.74) is 0. The Kier molecular flexibility index (Phi) is 6.93. The first-order valence-electron chi connectivity index (χ1n) is 5.59. The molecule has 13 heavy (non-hydrogen) atoms. The van der Waals surface area contributed by atoms with E-state index in [0.29, 0.717) is 5.92 Å². The zero-order chi connectivity index (χ0) is 10.3. The lowest BCUT2D eigenvalue weighted by Gasteiger charge is -2.25. The highest BCUT2D eigenvalue weighted by molar-refractivity contribution is 5.60. The van der Waals surface area contributed by atoms with Gasteiger partial charge in [0.1, 0.15) is 0 Å². The van der Waals surface area contributed by atoms with Crippen molar-refractivity contribution in [2.75, 3.05) is 7.05 Å². The monoisotopic (exact) mass is 183 g/mol. The van der Waals surface area contributed by atoms with Gasteiger partial charge in [0.2, 0.25) is 0 Å². The largest absolute Gasteiger partial charge is 0.301 e. The molecule has 1 unspecified atom stereocenters. The SMILES string of the molecule is CCC[C@@H](CC)[C@@H](C)C(C)C=NC. The quantitative estimate of drug-likeness (QED) is 0.556. The average molecular weight is 183 g/mol. The first-order valence-corrected chi connectivity index (χ1v) is 5.59. The highest BCUT2D eigenvalue weighted by Crippen LogP contribution is 2.26. The highest BCUT2D eigenvalue weighted by atomic mass is 14.6. The topological polar surface area (TPSA) is 12.4 Å². The summed E-state index contributed by atoms with van der Waals surface area (Å²) < 4.78 is 0. The average Bonchev–Trinajstić information content (AvgIpc) is 2.13. The van der Waals surface area contributed by atoms with Gasteiger partial charge in [-0.1, -0.05) is 47.0 Å². The van der Waals surface area contributed by atoms with Gasteiger partial charge in [0.05, 0.1) is 0 Å². The van der Waals surface area contributed by atoms with E-state index in [9.17, 15) is 0 Å². The van der Waals surface area contributed by atoms with Gasteiger partial charge in [0.15, 0.2) is 0 Å². The minimum absolute atomic E-state index is 0.626. The van der Waals surface area contributed by atoms with Gasteiger partial charge in [-0.3, -0.25) is 0 Å². The molecule has 0 fully saturated rings. The standard InChI is InChI=1S/C12H25N/c1-6-8-12(7-2)11(4)10(3)9-13-5/h9-12H,6-8H2,1-5H3/t10?,11-,12+/m0/s1. The number of hydrogen-bond acceptors (Lipinski definition) is 1. The van der Waals surface area contributed by atoms with Gasteiger partial charge in [-0.25, -0.2) is 0 Å². The van der Waals surface area contributed by atoms with E-state index in [2.05, 4.69) is 38.9 Å². The van der Waals surface area contributed by atoms with Crippen LogP contribution in [0.5, 0.6) is 0 Å². The molecular formula is C12H25N. The molecule has 0 radical (unpaired) electrons. The molecule has 0 bridgehead atoms. The molecule has 0 heterocycles. The Morgan fingerprint density at radius 1 is 1.23 bits per heavy atom. The molecule has 0 aromatic rings. The van der Waals surface area contributed by atoms with Crippen molar-refractivity contribution in [3.05, 3.63) is 0 Å². The third-order valence-electron chi connectivity index (χ3n) is 3.14. The van der Waals surface area contributed by atoms with Gasteiger partial charge in [-0.2, -0.15) is 0 Å². The third-order valence-corrected chi connectivity index (χ3v) is 3.14. The molecule has 78 valence electrons. The van der Waals surface area contributed by atoms with Gasteiger partial charge in [-0.05, 0) is 17.8 Å². The van der Waals surface area contributed by atoms with E-state index in [0.717, 1.165) is 11.8 Å². The summed E-state index contributed by atoms with van der Waals surface area (Å²) in [4.78, 5) is 4.11. The lowest BCUT2D eigenvalue weighted by molar-refractivity contribution is 0.285. The van der Waals surface area contributed by atoms with Crippen LogP contribution in [-0.2, 0) is 0 Å². The van der Waals surface area contributed by atoms with Gasteiger partial charge in [-0.15, -0.1) is 0 Å². The van der Waals surface area contributed by atoms with Crippen molar-refractivity contribution in [2.24, 2.45) is 22.7 Å². The van der Waals surface area contributed by atoms with E-state index < -0.39 is 0 Å². The van der Waals surface area contributed by atoms with Crippen molar-refractivity contribution in [3.8, 4) is 0 Å². The first kappa shape index (κ1) is 12.7. The van der Waals surface area contributed by atoms with Gasteiger partial charge in [0.25, 0.3) is 0 Å². The van der Waals surface area contributed by atoms with Crippen LogP contribution >= 0.6 is 0 Å². The molecule has 0 aliphatic rings. The summed E-state index contributed by atoms with van der Waals surface area (Å²) in [6, 6.07) is 0. The number of hydrogen-bond donors (Lipinski definition) is 0. The van der Waals surface area contributed by atoms with Crippen molar-refractivity contribution in [1.82, 2.24) is 0 Å². The van der Waals surface area contributed by atoms with E-state index in [1.165, 1.54) is 19.3 Å². The summed E-state index contributed by atoms with van der Waals surface area (Å²) in [6.45, 7) is 9.20. The maximum Gasteiger partial charge on any atom is 0.0273 e. The minimum Gasteiger partial charge on any atom is -0.301 e. The van der Waals surface area contributed by atoms with Crippen LogP contribution in [0.1, 0.15) is 47.0 Å². The van der Waals surface area contributed by atoms with Gasteiger partial charge < -0.3 is 4.99 Å². The maximum atomic E-state index is 4.11. The lowest BCUT2D eigenvalue weighted by Crippen LogP contribution is -2.19. The summed E-state index contributed by atoms with van der Waals surface area (Å²) in [5, 5.41) is 0. The normalized spacial score (nSPS) is 18.8. The second kappa shape index (κ2) is 7.11. The molecule has 0 aliphatic heterocycles. The Balaban J connectivity index is 4.09. The van der Waals surface area contributed by atoms with E-state index in [-0.39, 0.29) is 0 Å². The summed E-state index contributed by atoms with van der Waals surface area (Å²) in [5.74, 6) is 2.27. The van der Waals surface area contributed by atoms with Crippen LogP contribution in [0, 0.1) is 17.8 Å². The van der Waals surface area contributed by atoms with E-state index >= 15 is 0 Å². The number of rotatable bonds is 6. The molecule has 0 saturated heterocycles. The molecule has 0 amide bonds. The Hall–Kier alpha value is -0.330. The van der Waals surface area contributed by atoms with E-state index in [1.54, 1.807) is 0 Å². The summed E-state index contributed by atoms with van der Waals surface area (Å²) in [6.07, 6.45) is 6.05. The fourth-order valence-electron chi connectivity index (χ4n) is 2.01. The predicted molar refractivity (Wildman–Crippen MR) is 61.4 cm³/mol. The van der Waals surface area contributed by atoms with Crippen LogP contribution in [0.25, 0.3) is 0 Å². The van der Waals surface area contributed by atoms with E-state index in [4.69, 9.17) is 0 Å². The maximum absolute atomic E-state index is 4.11. The zero-order valence-corrected chi connectivity index (χ0v) is 9.88. The van der Waals surface area contributed by atoms with Crippen LogP contribution < -0.4 is 0 Å². The predicted octanol–water partition coefficient (Wildman–Crippen LogP) is 3.79. The smallest absolute Gasteiger partial charge is 0.0273 e. The molecular weight excluding hydrogens is 158 g/mol. The minimum atomic E-state index is 0.626. The number of aliphatic imine (C=N–C) groups is 1. The van der Waals surface area contributed by atoms with Crippen LogP contribution in [0.4, 0.5) is 0 Å². The summed E-state index contributed by atoms with van der Waals surface area (Å²) in [7, 11) is 1.87. The molecule has 1 heteroatoms. The third kappa shape index (κ3) is 4.44. The van der Waals surface area contributed by atoms with Gasteiger partial charge >= 0.3 is 0 Å². The van der Waals surface area contributed by atoms with Crippen LogP contribution in [0.3, 0.4) is 0 Å². The second-order valence-corrected chi connectivity index (χ2v) is 4.08. The molecule has 0 spiro atoms. The Morgan fingerprint density at radius 3 is 2.23 bits per heavy atom. The fourth-order valence-corrected chi connectivity index (χ4v) is 2.01. The second-order valence-electron chi connectivity index (χ2n) is 4.08. The molecule has 0 aliphatic carbocycles. The Morgan fingerprint density at radius 2 is 1.85 bits per heavy atom. The van der Waals surface area contributed by atoms with Crippen molar-refractivity contribution < 1.29 is 0 Å². The van der Waals surface area contributed by atoms with Crippen molar-refractivity contribution in [2.45, 2.75) is 47.0 Å². The van der Waals surface area contributed by atoms with Gasteiger partial charge in [0, 0.05) is 13.3 Å². The Labute approximate surface area is 83.6 Å². The fraction of sp³-hybridized carbons (Fsp3) is 0.917. The van der Waals surface area contributed by atoms with Crippen molar-refractivity contribution in [3.63, 3.8) is 0 Å². The van der Waals surface area contributed by atoms with Crippen molar-refractivity contribution in [1.29, 1.82) is 0 Å². The van der Waals surface area contributed by atoms with Crippen LogP contribution in [0.15, 0.2) is 4.99 Å². The zero-order valence-electron chi connectivity index (χ0n) is 9.88. The highest BCUT2D eigenvalue weighted by Gasteiger charge is 2.18. The molecule has 0 aromatic carbocycles. The lowest BCUT2D eigenvalue weighted by atomic mass is 9.80. The molecule has 3 atom stereocenters. The van der Waals surface area contributed by atoms with Crippen molar-refractivity contribution >= 4 is 6.21 Å². The molecule has 1 nitrogen and oxygen atoms in total. The number of nitrogens with zero attached hydrogens (tertiary/aromatic N) is 1. The first-order chi connectivity index (χ1) is 6.17. The van der Waals surface area contributed by atoms with Crippen LogP contribution in [-0.4, -0.2) is 13.3 Å². The molecule has 0 rings (SSSR count). The molecule has 0 N–H and O–H groups in total. The van der Waals surface area contributed by atoms with Crippen LogP contribution in [0.2, 0.25) is 0 Å². The summed E-state index contributed by atoms with van der Waals surface area (Å²) >= 11 is 0. The molecule has 0 saturated carbocycles. The molecule has 0 aromatic heterocycles.